The van der Waals surface area contributed by atoms with E-state index in [-0.39, 0.29) is 81.7 Å². The quantitative estimate of drug-likeness (QED) is 0.577. The van der Waals surface area contributed by atoms with E-state index in [9.17, 15) is 4.32 Å². The first kappa shape index (κ1) is 87.8. The number of halogens is 1. The van der Waals surface area contributed by atoms with Gasteiger partial charge in [0.2, 0.25) is 0 Å². The van der Waals surface area contributed by atoms with Crippen LogP contribution < -0.4 is 29.6 Å². The van der Waals surface area contributed by atoms with Gasteiger partial charge in [0.05, 0.1) is 0 Å². The molecule has 0 fully saturated rings. The van der Waals surface area contributed by atoms with Crippen LogP contribution in [0.1, 0.15) is 44.6 Å². The molecule has 0 aliphatic carbocycles. The molecule has 0 saturated heterocycles. The summed E-state index contributed by atoms with van der Waals surface area (Å²) in [6.07, 6.45) is 0. The third-order valence-corrected chi connectivity index (χ3v) is 0.0988. The van der Waals surface area contributed by atoms with E-state index in [1.165, 1.54) is 12.1 Å². The summed E-state index contributed by atoms with van der Waals surface area (Å²) >= 11 is 0. The van der Waals surface area contributed by atoms with Gasteiger partial charge in [0.1, 0.15) is 0 Å². The molecule has 0 amide bonds. The number of nitriles is 3. The molecule has 0 rings (SSSR count). The zero-order valence-electron chi connectivity index (χ0n) is 4.80. The van der Waals surface area contributed by atoms with Crippen LogP contribution in [0.4, 0.5) is 4.32 Å². The molecule has 0 aromatic rings. The zero-order valence-corrected chi connectivity index (χ0v) is 6.80. The Morgan fingerprint density at radius 2 is 0.867 bits per heavy atom. The molecule has 0 heterocycles. The van der Waals surface area contributed by atoms with Crippen molar-refractivity contribution in [1.82, 2.24) is 0 Å². The van der Waals surface area contributed by atoms with Crippen molar-refractivity contribution in [3.8, 4) is 18.1 Å². The van der Waals surface area contributed by atoms with Gasteiger partial charge in [-0.3, -0.25) is 5.26 Å². The molecule has 0 N–H and O–H groups in total. The van der Waals surface area contributed by atoms with Gasteiger partial charge in [0, 0.05) is 7.56 Å². The summed E-state index contributed by atoms with van der Waals surface area (Å²) in [7, 11) is -0.0694. The molecule has 6 heteroatoms. The molecule has 0 aliphatic heterocycles. The van der Waals surface area contributed by atoms with Gasteiger partial charge < -0.3 is 4.32 Å². The van der Waals surface area contributed by atoms with Crippen molar-refractivity contribution in [1.29, 1.82) is 15.8 Å². The summed E-state index contributed by atoms with van der Waals surface area (Å²) in [4.78, 5) is 0. The first-order chi connectivity index (χ1) is 3.83. The maximum atomic E-state index is 10.2. The second-order valence-electron chi connectivity index (χ2n) is 0.462. The Hall–Kier alpha value is -0.535. The van der Waals surface area contributed by atoms with Crippen molar-refractivity contribution >= 4 is 7.56 Å². The van der Waals surface area contributed by atoms with Crippen molar-refractivity contribution in [3.63, 3.8) is 0 Å². The molecule has 86 valence electrons. The predicted molar refractivity (Wildman–Crippen MR) is 64.1 cm³/mol. The van der Waals surface area contributed by atoms with E-state index >= 15 is 0 Å². The minimum Gasteiger partial charge on any atom is -0.579 e. The summed E-state index contributed by atoms with van der Waals surface area (Å²) in [6, 6.07) is 2.47. The molecular formula is C9H24BFN3Na. The van der Waals surface area contributed by atoms with Crippen LogP contribution in [0, 0.1) is 33.9 Å². The van der Waals surface area contributed by atoms with Crippen LogP contribution in [-0.4, -0.2) is 7.56 Å². The number of nitrogens with zero attached hydrogens (tertiary/aromatic N) is 3. The fourth-order valence-corrected chi connectivity index (χ4v) is 0. The van der Waals surface area contributed by atoms with Gasteiger partial charge in [-0.1, -0.05) is 44.6 Å². The van der Waals surface area contributed by atoms with Crippen LogP contribution in [0.5, 0.6) is 0 Å². The van der Waals surface area contributed by atoms with Crippen molar-refractivity contribution in [3.05, 3.63) is 0 Å². The van der Waals surface area contributed by atoms with Crippen LogP contribution in [-0.2, 0) is 0 Å². The molecule has 0 unspecified atom stereocenters. The molecule has 0 saturated carbocycles. The Morgan fingerprint density at radius 3 is 0.867 bits per heavy atom. The van der Waals surface area contributed by atoms with Gasteiger partial charge in [0.15, 0.2) is 12.1 Å². The van der Waals surface area contributed by atoms with E-state index in [1.807, 2.05) is 0 Å². The number of hydrogen-bond acceptors (Lipinski definition) is 3. The Labute approximate surface area is 119 Å². The van der Waals surface area contributed by atoms with Crippen LogP contribution in [0.25, 0.3) is 0 Å². The first-order valence-corrected chi connectivity index (χ1v) is 1.43. The van der Waals surface area contributed by atoms with Crippen molar-refractivity contribution < 1.29 is 33.9 Å². The van der Waals surface area contributed by atoms with Crippen molar-refractivity contribution in [2.45, 2.75) is 44.6 Å². The Kier molecular flexibility index (Phi) is 1020. The smallest absolute Gasteiger partial charge is 0.579 e. The topological polar surface area (TPSA) is 71.4 Å². The summed E-state index contributed by atoms with van der Waals surface area (Å²) < 4.78 is 10.2. The molecule has 2 radical (unpaired) electrons. The van der Waals surface area contributed by atoms with E-state index < -0.39 is 0 Å². The van der Waals surface area contributed by atoms with Gasteiger partial charge in [-0.2, -0.15) is 16.5 Å². The zero-order chi connectivity index (χ0) is 6.83. The van der Waals surface area contributed by atoms with Gasteiger partial charge in [0.25, 0.3) is 0 Å². The third-order valence-electron chi connectivity index (χ3n) is 0.0988. The second-order valence-corrected chi connectivity index (χ2v) is 0.462. The maximum absolute atomic E-state index is 10.2. The standard InChI is InChI=1S/C2N2.CBFN.6CH4.Na/c3-1-2-4;3-2-1-4;;;;;;;/h;;6*1H4;/q;-1;;;;;;;+1. The summed E-state index contributed by atoms with van der Waals surface area (Å²) in [6.45, 7) is 0. The average Bonchev–Trinajstić information content (AvgIpc) is 1.88. The normalized spacial score (nSPS) is 2.00. The largest absolute Gasteiger partial charge is 1.00 e. The third kappa shape index (κ3) is 825. The molecule has 0 aliphatic rings. The molecule has 0 spiro atoms. The second kappa shape index (κ2) is 174. The molecular weight excluding hydrogens is 203 g/mol. The van der Waals surface area contributed by atoms with Gasteiger partial charge in [-0.25, -0.2) is 0 Å². The SMILES string of the molecule is C.C.C.C.C.C.N#CC#N.N#C[B-]F.[Na+]. The molecule has 0 bridgehead atoms. The van der Waals surface area contributed by atoms with E-state index in [0.29, 0.717) is 0 Å². The maximum Gasteiger partial charge on any atom is 1.00 e. The average molecular weight is 227 g/mol. The number of rotatable bonds is 0. The number of hydrogen-bond donors (Lipinski definition) is 0. The van der Waals surface area contributed by atoms with Gasteiger partial charge >= 0.3 is 29.6 Å². The van der Waals surface area contributed by atoms with Crippen LogP contribution in [0.3, 0.4) is 0 Å². The van der Waals surface area contributed by atoms with E-state index in [4.69, 9.17) is 15.8 Å². The van der Waals surface area contributed by atoms with Crippen molar-refractivity contribution in [2.75, 3.05) is 0 Å². The van der Waals surface area contributed by atoms with E-state index in [1.54, 1.807) is 0 Å². The summed E-state index contributed by atoms with van der Waals surface area (Å²) in [5, 5.41) is 21.7. The summed E-state index contributed by atoms with van der Waals surface area (Å²) in [5.41, 5.74) is 0. The molecule has 15 heavy (non-hydrogen) atoms. The van der Waals surface area contributed by atoms with Gasteiger partial charge in [-0.05, 0) is 0 Å². The molecule has 0 atom stereocenters. The minimum atomic E-state index is -0.0694. The Bertz CT molecular complexity index is 146. The first-order valence-electron chi connectivity index (χ1n) is 1.43. The van der Waals surface area contributed by atoms with Crippen LogP contribution >= 0.6 is 0 Å². The molecule has 0 aromatic carbocycles. The van der Waals surface area contributed by atoms with Crippen LogP contribution in [0.15, 0.2) is 0 Å². The Balaban J connectivity index is -0.00000000468. The fourth-order valence-electron chi connectivity index (χ4n) is 0. The summed E-state index contributed by atoms with van der Waals surface area (Å²) in [5.74, 6) is 1.14. The van der Waals surface area contributed by atoms with E-state index in [2.05, 4.69) is 0 Å². The van der Waals surface area contributed by atoms with Gasteiger partial charge in [-0.15, -0.1) is 0 Å². The molecule has 3 nitrogen and oxygen atoms in total. The minimum absolute atomic E-state index is 0. The fraction of sp³-hybridized carbons (Fsp3) is 0.667. The van der Waals surface area contributed by atoms with Crippen LogP contribution in [0.2, 0.25) is 0 Å². The Morgan fingerprint density at radius 1 is 0.733 bits per heavy atom. The molecule has 0 aromatic heterocycles. The predicted octanol–water partition coefficient (Wildman–Crippen LogP) is 0.910. The van der Waals surface area contributed by atoms with Crippen molar-refractivity contribution in [2.24, 2.45) is 0 Å². The van der Waals surface area contributed by atoms with E-state index in [0.717, 1.165) is 5.97 Å². The monoisotopic (exact) mass is 227 g/mol.